The van der Waals surface area contributed by atoms with E-state index < -0.39 is 6.03 Å². The number of nitrogens with one attached hydrogen (secondary N) is 2. The average molecular weight is 329 g/mol. The molecule has 1 aliphatic carbocycles. The van der Waals surface area contributed by atoms with Crippen molar-refractivity contribution in [1.29, 1.82) is 0 Å². The van der Waals surface area contributed by atoms with E-state index in [4.69, 9.17) is 5.73 Å². The van der Waals surface area contributed by atoms with E-state index in [2.05, 4.69) is 17.6 Å². The molecule has 6 heteroatoms. The number of rotatable bonds is 3. The molecule has 3 amide bonds. The monoisotopic (exact) mass is 329 g/mol. The van der Waals surface area contributed by atoms with E-state index >= 15 is 0 Å². The van der Waals surface area contributed by atoms with Gasteiger partial charge in [-0.25, -0.2) is 4.79 Å². The predicted molar refractivity (Wildman–Crippen MR) is 93.1 cm³/mol. The second-order valence-electron chi connectivity index (χ2n) is 5.93. The Bertz CT molecular complexity index is 754. The van der Waals surface area contributed by atoms with Gasteiger partial charge in [0.2, 0.25) is 0 Å². The maximum atomic E-state index is 12.4. The number of benzene rings is 1. The number of anilines is 2. The zero-order valence-corrected chi connectivity index (χ0v) is 13.7. The van der Waals surface area contributed by atoms with Crippen molar-refractivity contribution < 1.29 is 9.59 Å². The summed E-state index contributed by atoms with van der Waals surface area (Å²) >= 11 is 1.58. The van der Waals surface area contributed by atoms with Crippen LogP contribution >= 0.6 is 11.3 Å². The molecule has 0 saturated carbocycles. The molecule has 1 atom stereocenters. The van der Waals surface area contributed by atoms with Crippen LogP contribution in [0.2, 0.25) is 0 Å². The van der Waals surface area contributed by atoms with Crippen LogP contribution in [-0.4, -0.2) is 11.9 Å². The van der Waals surface area contributed by atoms with Gasteiger partial charge in [-0.05, 0) is 55.0 Å². The van der Waals surface area contributed by atoms with Gasteiger partial charge in [0.25, 0.3) is 5.91 Å². The highest BCUT2D eigenvalue weighted by Gasteiger charge is 2.20. The standard InChI is InChI=1S/C17H19N3O2S/c1-10-5-6-14-11(7-10)8-15(23-14)16(21)19-12-3-2-4-13(9-12)20-17(18)22/h2-4,8-10H,5-7H2,1H3,(H,19,21)(H3,18,20,22). The minimum Gasteiger partial charge on any atom is -0.351 e. The van der Waals surface area contributed by atoms with Crippen molar-refractivity contribution in [3.05, 3.63) is 45.6 Å². The molecular weight excluding hydrogens is 310 g/mol. The maximum Gasteiger partial charge on any atom is 0.316 e. The SMILES string of the molecule is CC1CCc2sc(C(=O)Nc3cccc(NC(N)=O)c3)cc2C1. The number of thiophene rings is 1. The zero-order valence-electron chi connectivity index (χ0n) is 12.9. The summed E-state index contributed by atoms with van der Waals surface area (Å²) in [6, 6.07) is 8.30. The first-order valence-corrected chi connectivity index (χ1v) is 8.42. The Labute approximate surface area is 138 Å². The van der Waals surface area contributed by atoms with Crippen LogP contribution in [0, 0.1) is 5.92 Å². The summed E-state index contributed by atoms with van der Waals surface area (Å²) in [5, 5.41) is 5.36. The third-order valence-electron chi connectivity index (χ3n) is 3.94. The molecule has 3 rings (SSSR count). The number of nitrogens with two attached hydrogens (primary N) is 1. The Morgan fingerprint density at radius 2 is 1.96 bits per heavy atom. The summed E-state index contributed by atoms with van der Waals surface area (Å²) in [7, 11) is 0. The molecule has 1 unspecified atom stereocenters. The normalized spacial score (nSPS) is 16.5. The Hall–Kier alpha value is -2.34. The fraction of sp³-hybridized carbons (Fsp3) is 0.294. The lowest BCUT2D eigenvalue weighted by atomic mass is 9.90. The van der Waals surface area contributed by atoms with Gasteiger partial charge >= 0.3 is 6.03 Å². The van der Waals surface area contributed by atoms with E-state index in [-0.39, 0.29) is 5.91 Å². The molecule has 0 radical (unpaired) electrons. The van der Waals surface area contributed by atoms with Gasteiger partial charge in [0.05, 0.1) is 4.88 Å². The molecule has 0 fully saturated rings. The first-order valence-electron chi connectivity index (χ1n) is 7.60. The first-order chi connectivity index (χ1) is 11.0. The van der Waals surface area contributed by atoms with Gasteiger partial charge in [-0.3, -0.25) is 4.79 Å². The van der Waals surface area contributed by atoms with Crippen LogP contribution in [-0.2, 0) is 12.8 Å². The number of urea groups is 1. The molecule has 0 saturated heterocycles. The third kappa shape index (κ3) is 3.71. The minimum absolute atomic E-state index is 0.117. The third-order valence-corrected chi connectivity index (χ3v) is 5.18. The summed E-state index contributed by atoms with van der Waals surface area (Å²) in [6.45, 7) is 2.25. The van der Waals surface area contributed by atoms with E-state index in [0.717, 1.165) is 17.7 Å². The summed E-state index contributed by atoms with van der Waals surface area (Å²) in [5.74, 6) is 0.567. The number of hydrogen-bond donors (Lipinski definition) is 3. The van der Waals surface area contributed by atoms with Crippen LogP contribution in [0.15, 0.2) is 30.3 Å². The summed E-state index contributed by atoms with van der Waals surface area (Å²) in [4.78, 5) is 25.4. The van der Waals surface area contributed by atoms with Crippen molar-refractivity contribution in [1.82, 2.24) is 0 Å². The Morgan fingerprint density at radius 1 is 1.22 bits per heavy atom. The predicted octanol–water partition coefficient (Wildman–Crippen LogP) is 3.62. The van der Waals surface area contributed by atoms with Gasteiger partial charge in [-0.1, -0.05) is 13.0 Å². The van der Waals surface area contributed by atoms with Crippen LogP contribution in [0.5, 0.6) is 0 Å². The highest BCUT2D eigenvalue weighted by Crippen LogP contribution is 2.32. The summed E-state index contributed by atoms with van der Waals surface area (Å²) < 4.78 is 0. The number of carbonyl (C=O) groups is 2. The summed E-state index contributed by atoms with van der Waals surface area (Å²) in [5.41, 5.74) is 7.58. The second-order valence-corrected chi connectivity index (χ2v) is 7.07. The highest BCUT2D eigenvalue weighted by atomic mass is 32.1. The van der Waals surface area contributed by atoms with Gasteiger partial charge in [0, 0.05) is 16.3 Å². The molecule has 1 aromatic heterocycles. The lowest BCUT2D eigenvalue weighted by Gasteiger charge is -2.16. The van der Waals surface area contributed by atoms with E-state index in [1.165, 1.54) is 16.9 Å². The van der Waals surface area contributed by atoms with Crippen molar-refractivity contribution >= 4 is 34.6 Å². The first kappa shape index (κ1) is 15.6. The fourth-order valence-corrected chi connectivity index (χ4v) is 3.93. The molecule has 4 N–H and O–H groups in total. The highest BCUT2D eigenvalue weighted by molar-refractivity contribution is 7.14. The van der Waals surface area contributed by atoms with Crippen molar-refractivity contribution in [2.45, 2.75) is 26.2 Å². The molecule has 2 aromatic rings. The fourth-order valence-electron chi connectivity index (χ4n) is 2.83. The number of hydrogen-bond acceptors (Lipinski definition) is 3. The van der Waals surface area contributed by atoms with Gasteiger partial charge in [0.15, 0.2) is 0 Å². The van der Waals surface area contributed by atoms with E-state index in [1.54, 1.807) is 35.6 Å². The largest absolute Gasteiger partial charge is 0.351 e. The molecule has 1 aromatic carbocycles. The lowest BCUT2D eigenvalue weighted by molar-refractivity contribution is 0.103. The van der Waals surface area contributed by atoms with Crippen molar-refractivity contribution in [2.24, 2.45) is 11.7 Å². The number of primary amides is 1. The van der Waals surface area contributed by atoms with Crippen molar-refractivity contribution in [3.63, 3.8) is 0 Å². The number of fused-ring (bicyclic) bond motifs is 1. The van der Waals surface area contributed by atoms with E-state index in [9.17, 15) is 9.59 Å². The van der Waals surface area contributed by atoms with Crippen LogP contribution in [0.4, 0.5) is 16.2 Å². The topological polar surface area (TPSA) is 84.2 Å². The van der Waals surface area contributed by atoms with Crippen LogP contribution in [0.3, 0.4) is 0 Å². The zero-order chi connectivity index (χ0) is 16.4. The van der Waals surface area contributed by atoms with Gasteiger partial charge < -0.3 is 16.4 Å². The number of aryl methyl sites for hydroxylation is 1. The van der Waals surface area contributed by atoms with Crippen molar-refractivity contribution in [2.75, 3.05) is 10.6 Å². The Morgan fingerprint density at radius 3 is 2.70 bits per heavy atom. The molecule has 23 heavy (non-hydrogen) atoms. The van der Waals surface area contributed by atoms with Gasteiger partial charge in [-0.15, -0.1) is 11.3 Å². The van der Waals surface area contributed by atoms with E-state index in [0.29, 0.717) is 17.3 Å². The van der Waals surface area contributed by atoms with Crippen LogP contribution in [0.1, 0.15) is 33.5 Å². The average Bonchev–Trinajstić information content (AvgIpc) is 2.90. The van der Waals surface area contributed by atoms with Crippen LogP contribution < -0.4 is 16.4 Å². The molecule has 120 valence electrons. The maximum absolute atomic E-state index is 12.4. The Balaban J connectivity index is 1.73. The van der Waals surface area contributed by atoms with Crippen LogP contribution in [0.25, 0.3) is 0 Å². The van der Waals surface area contributed by atoms with E-state index in [1.807, 2.05) is 6.07 Å². The molecule has 5 nitrogen and oxygen atoms in total. The molecule has 1 heterocycles. The summed E-state index contributed by atoms with van der Waals surface area (Å²) in [6.07, 6.45) is 3.30. The van der Waals surface area contributed by atoms with Gasteiger partial charge in [-0.2, -0.15) is 0 Å². The van der Waals surface area contributed by atoms with Crippen molar-refractivity contribution in [3.8, 4) is 0 Å². The Kier molecular flexibility index (Phi) is 4.34. The molecule has 1 aliphatic rings. The minimum atomic E-state index is -0.631. The second kappa shape index (κ2) is 6.42. The molecule has 0 spiro atoms. The lowest BCUT2D eigenvalue weighted by Crippen LogP contribution is -2.19. The molecular formula is C17H19N3O2S. The smallest absolute Gasteiger partial charge is 0.316 e. The molecule has 0 bridgehead atoms. The molecule has 0 aliphatic heterocycles. The quantitative estimate of drug-likeness (QED) is 0.803. The van der Waals surface area contributed by atoms with Gasteiger partial charge in [0.1, 0.15) is 0 Å². The number of amides is 3. The number of carbonyl (C=O) groups excluding carboxylic acids is 2.